The highest BCUT2D eigenvalue weighted by atomic mass is 32.1. The minimum atomic E-state index is 0.440. The van der Waals surface area contributed by atoms with Gasteiger partial charge in [-0.3, -0.25) is 5.43 Å². The van der Waals surface area contributed by atoms with Gasteiger partial charge in [-0.25, -0.2) is 0 Å². The van der Waals surface area contributed by atoms with Gasteiger partial charge in [0.05, 0.1) is 6.21 Å². The van der Waals surface area contributed by atoms with E-state index in [1.807, 2.05) is 0 Å². The third-order valence-corrected chi connectivity index (χ3v) is 1.60. The average Bonchev–Trinajstić information content (AvgIpc) is 2.28. The molecule has 0 amide bonds. The van der Waals surface area contributed by atoms with Crippen LogP contribution in [0.3, 0.4) is 0 Å². The first-order valence-electron chi connectivity index (χ1n) is 4.28. The molecule has 15 heavy (non-hydrogen) atoms. The van der Waals surface area contributed by atoms with Crippen molar-refractivity contribution < 1.29 is 0 Å². The summed E-state index contributed by atoms with van der Waals surface area (Å²) in [5.74, 6) is 0. The van der Waals surface area contributed by atoms with Gasteiger partial charge in [-0.15, -0.1) is 11.7 Å². The zero-order valence-corrected chi connectivity index (χ0v) is 8.87. The summed E-state index contributed by atoms with van der Waals surface area (Å²) in [5, 5.41) is 14.7. The van der Waals surface area contributed by atoms with Crippen molar-refractivity contribution in [2.24, 2.45) is 5.10 Å². The molecule has 1 rings (SSSR count). The molecule has 0 fully saturated rings. The Balaban J connectivity index is 2.33. The van der Waals surface area contributed by atoms with E-state index >= 15 is 0 Å². The number of rotatable bonds is 4. The molecule has 0 saturated heterocycles. The van der Waals surface area contributed by atoms with Crippen LogP contribution in [0.25, 0.3) is 0 Å². The molecule has 78 valence electrons. The van der Waals surface area contributed by atoms with Crippen LogP contribution in [0.2, 0.25) is 0 Å². The molecule has 0 atom stereocenters. The molecule has 0 saturated carbocycles. The van der Waals surface area contributed by atoms with Crippen molar-refractivity contribution in [2.75, 3.05) is 6.54 Å². The van der Waals surface area contributed by atoms with Crippen LogP contribution in [0.1, 0.15) is 5.69 Å². The Bertz CT molecular complexity index is 349. The van der Waals surface area contributed by atoms with Crippen molar-refractivity contribution in [3.05, 3.63) is 36.7 Å². The van der Waals surface area contributed by atoms with Crippen molar-refractivity contribution in [3.63, 3.8) is 0 Å². The van der Waals surface area contributed by atoms with Crippen LogP contribution in [0, 0.1) is 0 Å². The van der Waals surface area contributed by atoms with E-state index in [1.54, 1.807) is 24.4 Å². The number of thiocarbonyl (C=S) groups is 1. The van der Waals surface area contributed by atoms with Crippen LogP contribution in [-0.2, 0) is 0 Å². The monoisotopic (exact) mass is 221 g/mol. The van der Waals surface area contributed by atoms with Gasteiger partial charge in [0.1, 0.15) is 5.69 Å². The second-order valence-electron chi connectivity index (χ2n) is 2.52. The van der Waals surface area contributed by atoms with Gasteiger partial charge in [0.2, 0.25) is 0 Å². The van der Waals surface area contributed by atoms with Gasteiger partial charge < -0.3 is 5.32 Å². The molecular weight excluding hydrogens is 210 g/mol. The molecule has 0 aromatic carbocycles. The highest BCUT2D eigenvalue weighted by Gasteiger charge is 1.89. The molecule has 2 N–H and O–H groups in total. The van der Waals surface area contributed by atoms with Gasteiger partial charge in [-0.05, 0) is 24.4 Å². The van der Waals surface area contributed by atoms with Gasteiger partial charge >= 0.3 is 0 Å². The van der Waals surface area contributed by atoms with Crippen LogP contribution >= 0.6 is 12.2 Å². The lowest BCUT2D eigenvalue weighted by molar-refractivity contribution is 0.937. The summed E-state index contributed by atoms with van der Waals surface area (Å²) in [4.78, 5) is 0. The van der Waals surface area contributed by atoms with Crippen LogP contribution in [0.4, 0.5) is 0 Å². The van der Waals surface area contributed by atoms with E-state index in [0.717, 1.165) is 0 Å². The van der Waals surface area contributed by atoms with Crippen LogP contribution < -0.4 is 10.7 Å². The Labute approximate surface area is 93.3 Å². The van der Waals surface area contributed by atoms with Gasteiger partial charge in [0.15, 0.2) is 5.11 Å². The van der Waals surface area contributed by atoms with Crippen molar-refractivity contribution in [1.29, 1.82) is 0 Å². The van der Waals surface area contributed by atoms with E-state index in [-0.39, 0.29) is 0 Å². The number of aromatic nitrogens is 2. The fraction of sp³-hybridized carbons (Fsp3) is 0.111. The molecule has 1 heterocycles. The zero-order chi connectivity index (χ0) is 10.9. The molecule has 0 aliphatic rings. The lowest BCUT2D eigenvalue weighted by atomic mass is 10.4. The average molecular weight is 221 g/mol. The third kappa shape index (κ3) is 4.82. The SMILES string of the molecule is C=CCNC(=S)N/N=C/c1cccnn1. The number of hydrogen-bond acceptors (Lipinski definition) is 4. The van der Waals surface area contributed by atoms with Crippen LogP contribution in [-0.4, -0.2) is 28.1 Å². The van der Waals surface area contributed by atoms with E-state index in [4.69, 9.17) is 12.2 Å². The predicted molar refractivity (Wildman–Crippen MR) is 63.6 cm³/mol. The first-order valence-corrected chi connectivity index (χ1v) is 4.69. The maximum absolute atomic E-state index is 4.92. The number of hydrogen-bond donors (Lipinski definition) is 2. The summed E-state index contributed by atoms with van der Waals surface area (Å²) in [7, 11) is 0. The summed E-state index contributed by atoms with van der Waals surface area (Å²) in [6, 6.07) is 3.57. The first kappa shape index (κ1) is 11.3. The fourth-order valence-corrected chi connectivity index (χ4v) is 0.880. The topological polar surface area (TPSA) is 62.2 Å². The largest absolute Gasteiger partial charge is 0.358 e. The molecule has 0 unspecified atom stereocenters. The molecule has 0 aliphatic carbocycles. The smallest absolute Gasteiger partial charge is 0.187 e. The lowest BCUT2D eigenvalue weighted by Gasteiger charge is -2.02. The Morgan fingerprint density at radius 3 is 3.20 bits per heavy atom. The molecule has 0 aliphatic heterocycles. The van der Waals surface area contributed by atoms with Crippen molar-refractivity contribution in [3.8, 4) is 0 Å². The molecule has 1 aromatic heterocycles. The third-order valence-electron chi connectivity index (χ3n) is 1.36. The summed E-state index contributed by atoms with van der Waals surface area (Å²) >= 11 is 4.92. The molecule has 0 spiro atoms. The second kappa shape index (κ2) is 6.61. The summed E-state index contributed by atoms with van der Waals surface area (Å²) in [6.07, 6.45) is 4.84. The Hall–Kier alpha value is -1.82. The van der Waals surface area contributed by atoms with E-state index in [9.17, 15) is 0 Å². The molecular formula is C9H11N5S. The van der Waals surface area contributed by atoms with Gasteiger partial charge in [-0.2, -0.15) is 10.2 Å². The lowest BCUT2D eigenvalue weighted by Crippen LogP contribution is -2.31. The summed E-state index contributed by atoms with van der Waals surface area (Å²) in [6.45, 7) is 4.16. The summed E-state index contributed by atoms with van der Waals surface area (Å²) in [5.41, 5.74) is 3.30. The maximum atomic E-state index is 4.92. The van der Waals surface area contributed by atoms with Crippen molar-refractivity contribution in [1.82, 2.24) is 20.9 Å². The number of nitrogens with zero attached hydrogens (tertiary/aromatic N) is 3. The number of nitrogens with one attached hydrogen (secondary N) is 2. The van der Waals surface area contributed by atoms with Gasteiger partial charge in [0.25, 0.3) is 0 Å². The Morgan fingerprint density at radius 1 is 1.67 bits per heavy atom. The van der Waals surface area contributed by atoms with E-state index in [1.165, 1.54) is 6.21 Å². The van der Waals surface area contributed by atoms with E-state index in [2.05, 4.69) is 32.6 Å². The molecule has 0 radical (unpaired) electrons. The van der Waals surface area contributed by atoms with Crippen molar-refractivity contribution >= 4 is 23.5 Å². The Morgan fingerprint density at radius 2 is 2.53 bits per heavy atom. The van der Waals surface area contributed by atoms with Crippen LogP contribution in [0.15, 0.2) is 36.1 Å². The minimum absolute atomic E-state index is 0.440. The highest BCUT2D eigenvalue weighted by Crippen LogP contribution is 1.84. The predicted octanol–water partition coefficient (Wildman–Crippen LogP) is 0.461. The quantitative estimate of drug-likeness (QED) is 0.335. The maximum Gasteiger partial charge on any atom is 0.187 e. The number of hydrazone groups is 1. The molecule has 1 aromatic rings. The van der Waals surface area contributed by atoms with E-state index < -0.39 is 0 Å². The summed E-state index contributed by atoms with van der Waals surface area (Å²) < 4.78 is 0. The molecule has 0 bridgehead atoms. The fourth-order valence-electron chi connectivity index (χ4n) is 0.744. The normalized spacial score (nSPS) is 9.87. The first-order chi connectivity index (χ1) is 7.33. The molecule has 5 nitrogen and oxygen atoms in total. The Kier molecular flexibility index (Phi) is 4.96. The van der Waals surface area contributed by atoms with Crippen LogP contribution in [0.5, 0.6) is 0 Å². The molecule has 6 heteroatoms. The van der Waals surface area contributed by atoms with Crippen molar-refractivity contribution in [2.45, 2.75) is 0 Å². The minimum Gasteiger partial charge on any atom is -0.358 e. The van der Waals surface area contributed by atoms with E-state index in [0.29, 0.717) is 17.4 Å². The highest BCUT2D eigenvalue weighted by molar-refractivity contribution is 7.80. The van der Waals surface area contributed by atoms with Gasteiger partial charge in [-0.1, -0.05) is 6.08 Å². The standard InChI is InChI=1S/C9H11N5S/c1-2-5-10-9(15)14-12-7-8-4-3-6-11-13-8/h2-4,6-7H,1,5H2,(H2,10,14,15)/b12-7+. The second-order valence-corrected chi connectivity index (χ2v) is 2.93. The van der Waals surface area contributed by atoms with Gasteiger partial charge in [0, 0.05) is 12.7 Å². The zero-order valence-electron chi connectivity index (χ0n) is 8.05.